The molecule has 0 aliphatic heterocycles. The molecule has 1 unspecified atom stereocenters. The molecule has 1 aliphatic rings. The van der Waals surface area contributed by atoms with Crippen molar-refractivity contribution in [2.45, 2.75) is 45.1 Å². The van der Waals surface area contributed by atoms with Gasteiger partial charge in [0.2, 0.25) is 0 Å². The van der Waals surface area contributed by atoms with Crippen LogP contribution in [0.4, 0.5) is 4.39 Å². The third kappa shape index (κ3) is 2.70. The molecule has 3 rings (SSSR count). The lowest BCUT2D eigenvalue weighted by Gasteiger charge is -2.11. The highest BCUT2D eigenvalue weighted by atomic mass is 19.1. The molecule has 1 aliphatic carbocycles. The van der Waals surface area contributed by atoms with E-state index in [1.807, 2.05) is 0 Å². The highest BCUT2D eigenvalue weighted by Gasteiger charge is 2.28. The Labute approximate surface area is 119 Å². The molecule has 0 amide bonds. The van der Waals surface area contributed by atoms with Gasteiger partial charge in [-0.1, -0.05) is 6.92 Å². The van der Waals surface area contributed by atoms with E-state index in [4.69, 9.17) is 10.7 Å². The Bertz CT molecular complexity index is 601. The quantitative estimate of drug-likeness (QED) is 0.877. The molecular weight excluding hydrogens is 253 g/mol. The normalized spacial score (nSPS) is 16.8. The summed E-state index contributed by atoms with van der Waals surface area (Å²) in [5.41, 5.74) is 7.47. The van der Waals surface area contributed by atoms with Crippen LogP contribution in [0.5, 0.6) is 0 Å². The molecule has 0 spiro atoms. The maximum atomic E-state index is 13.5. The van der Waals surface area contributed by atoms with Gasteiger partial charge in [-0.15, -0.1) is 0 Å². The molecule has 108 valence electrons. The number of imidazole rings is 1. The van der Waals surface area contributed by atoms with Crippen molar-refractivity contribution in [3.05, 3.63) is 29.8 Å². The summed E-state index contributed by atoms with van der Waals surface area (Å²) in [6.45, 7) is 2.97. The van der Waals surface area contributed by atoms with Crippen LogP contribution in [0, 0.1) is 11.7 Å². The van der Waals surface area contributed by atoms with Crippen molar-refractivity contribution in [2.24, 2.45) is 11.7 Å². The van der Waals surface area contributed by atoms with Crippen molar-refractivity contribution in [3.8, 4) is 0 Å². The van der Waals surface area contributed by atoms with Gasteiger partial charge in [0.15, 0.2) is 0 Å². The number of fused-ring (bicyclic) bond motifs is 1. The first-order chi connectivity index (χ1) is 9.69. The zero-order valence-corrected chi connectivity index (χ0v) is 12.0. The van der Waals surface area contributed by atoms with E-state index in [0.717, 1.165) is 42.7 Å². The largest absolute Gasteiger partial charge is 0.330 e. The topological polar surface area (TPSA) is 43.8 Å². The second kappa shape index (κ2) is 5.52. The van der Waals surface area contributed by atoms with Gasteiger partial charge in [0, 0.05) is 12.5 Å². The van der Waals surface area contributed by atoms with Crippen molar-refractivity contribution in [1.82, 2.24) is 9.55 Å². The van der Waals surface area contributed by atoms with Gasteiger partial charge >= 0.3 is 0 Å². The van der Waals surface area contributed by atoms with E-state index < -0.39 is 0 Å². The number of hydrogen-bond acceptors (Lipinski definition) is 2. The predicted octanol–water partition coefficient (Wildman–Crippen LogP) is 3.43. The van der Waals surface area contributed by atoms with Crippen molar-refractivity contribution >= 4 is 11.0 Å². The third-order valence-corrected chi connectivity index (χ3v) is 4.16. The third-order valence-electron chi connectivity index (χ3n) is 4.16. The highest BCUT2D eigenvalue weighted by Crippen LogP contribution is 2.39. The number of benzene rings is 1. The maximum absolute atomic E-state index is 13.5. The molecule has 1 aromatic heterocycles. The first-order valence-corrected chi connectivity index (χ1v) is 7.55. The monoisotopic (exact) mass is 275 g/mol. The van der Waals surface area contributed by atoms with Crippen LogP contribution in [0.3, 0.4) is 0 Å². The zero-order chi connectivity index (χ0) is 14.1. The van der Waals surface area contributed by atoms with Crippen molar-refractivity contribution in [2.75, 3.05) is 6.54 Å². The number of nitrogens with zero attached hydrogens (tertiary/aromatic N) is 2. The van der Waals surface area contributed by atoms with Crippen LogP contribution in [-0.4, -0.2) is 16.1 Å². The van der Waals surface area contributed by atoms with Crippen molar-refractivity contribution in [3.63, 3.8) is 0 Å². The Morgan fingerprint density at radius 1 is 1.40 bits per heavy atom. The second-order valence-corrected chi connectivity index (χ2v) is 5.98. The number of aromatic nitrogens is 2. The molecule has 1 atom stereocenters. The SMILES string of the molecule is CC(CCN)CCc1nc2ccc(F)cc2n1C1CC1. The van der Waals surface area contributed by atoms with E-state index >= 15 is 0 Å². The average Bonchev–Trinajstić information content (AvgIpc) is 3.18. The van der Waals surface area contributed by atoms with Crippen molar-refractivity contribution in [1.29, 1.82) is 0 Å². The first-order valence-electron chi connectivity index (χ1n) is 7.55. The minimum absolute atomic E-state index is 0.178. The molecule has 1 aromatic carbocycles. The number of aryl methyl sites for hydroxylation is 1. The van der Waals surface area contributed by atoms with Gasteiger partial charge < -0.3 is 10.3 Å². The average molecular weight is 275 g/mol. The van der Waals surface area contributed by atoms with Crippen molar-refractivity contribution < 1.29 is 4.39 Å². The van der Waals surface area contributed by atoms with Crippen LogP contribution in [0.1, 0.15) is 44.5 Å². The van der Waals surface area contributed by atoms with Crippen LogP contribution < -0.4 is 5.73 Å². The van der Waals surface area contributed by atoms with E-state index in [9.17, 15) is 4.39 Å². The Balaban J connectivity index is 1.87. The Kier molecular flexibility index (Phi) is 3.74. The molecule has 0 bridgehead atoms. The van der Waals surface area contributed by atoms with E-state index in [0.29, 0.717) is 12.0 Å². The van der Waals surface area contributed by atoms with E-state index in [-0.39, 0.29) is 5.82 Å². The summed E-state index contributed by atoms with van der Waals surface area (Å²) in [5, 5.41) is 0. The molecule has 2 N–H and O–H groups in total. The molecule has 0 radical (unpaired) electrons. The predicted molar refractivity (Wildman–Crippen MR) is 79.1 cm³/mol. The summed E-state index contributed by atoms with van der Waals surface area (Å²) in [7, 11) is 0. The van der Waals surface area contributed by atoms with Crippen LogP contribution in [0.2, 0.25) is 0 Å². The lowest BCUT2D eigenvalue weighted by Crippen LogP contribution is -2.09. The molecule has 4 heteroatoms. The Morgan fingerprint density at radius 3 is 2.90 bits per heavy atom. The fourth-order valence-corrected chi connectivity index (χ4v) is 2.84. The summed E-state index contributed by atoms with van der Waals surface area (Å²) in [6.07, 6.45) is 5.47. The Hall–Kier alpha value is -1.42. The summed E-state index contributed by atoms with van der Waals surface area (Å²) in [6, 6.07) is 5.43. The van der Waals surface area contributed by atoms with Crippen LogP contribution >= 0.6 is 0 Å². The van der Waals surface area contributed by atoms with E-state index in [2.05, 4.69) is 11.5 Å². The minimum Gasteiger partial charge on any atom is -0.330 e. The summed E-state index contributed by atoms with van der Waals surface area (Å²) in [5.74, 6) is 1.54. The van der Waals surface area contributed by atoms with E-state index in [1.54, 1.807) is 12.1 Å². The zero-order valence-electron chi connectivity index (χ0n) is 12.0. The fourth-order valence-electron chi connectivity index (χ4n) is 2.84. The lowest BCUT2D eigenvalue weighted by atomic mass is 10.0. The van der Waals surface area contributed by atoms with Gasteiger partial charge in [0.1, 0.15) is 11.6 Å². The van der Waals surface area contributed by atoms with Gasteiger partial charge in [-0.05, 0) is 56.3 Å². The summed E-state index contributed by atoms with van der Waals surface area (Å²) < 4.78 is 15.7. The summed E-state index contributed by atoms with van der Waals surface area (Å²) >= 11 is 0. The summed E-state index contributed by atoms with van der Waals surface area (Å²) in [4.78, 5) is 4.71. The molecule has 1 heterocycles. The van der Waals surface area contributed by atoms with Crippen LogP contribution in [-0.2, 0) is 6.42 Å². The molecular formula is C16H22FN3. The fraction of sp³-hybridized carbons (Fsp3) is 0.562. The van der Waals surface area contributed by atoms with Crippen LogP contribution in [0.15, 0.2) is 18.2 Å². The number of hydrogen-bond donors (Lipinski definition) is 1. The van der Waals surface area contributed by atoms with Gasteiger partial charge in [-0.2, -0.15) is 0 Å². The second-order valence-electron chi connectivity index (χ2n) is 5.98. The molecule has 1 fully saturated rings. The highest BCUT2D eigenvalue weighted by molar-refractivity contribution is 5.76. The maximum Gasteiger partial charge on any atom is 0.125 e. The van der Waals surface area contributed by atoms with Gasteiger partial charge in [-0.3, -0.25) is 0 Å². The number of nitrogens with two attached hydrogens (primary N) is 1. The lowest BCUT2D eigenvalue weighted by molar-refractivity contribution is 0.487. The van der Waals surface area contributed by atoms with Crippen LogP contribution in [0.25, 0.3) is 11.0 Å². The molecule has 0 saturated heterocycles. The first kappa shape index (κ1) is 13.6. The number of rotatable bonds is 6. The molecule has 2 aromatic rings. The number of halogens is 1. The Morgan fingerprint density at radius 2 is 2.20 bits per heavy atom. The standard InChI is InChI=1S/C16H22FN3/c1-11(8-9-18)2-7-16-19-14-6-3-12(17)10-15(14)20(16)13-4-5-13/h3,6,10-11,13H,2,4-5,7-9,18H2,1H3. The van der Waals surface area contributed by atoms with Gasteiger partial charge in [-0.25, -0.2) is 9.37 Å². The minimum atomic E-state index is -0.178. The van der Waals surface area contributed by atoms with Gasteiger partial charge in [0.25, 0.3) is 0 Å². The molecule has 3 nitrogen and oxygen atoms in total. The molecule has 1 saturated carbocycles. The van der Waals surface area contributed by atoms with Gasteiger partial charge in [0.05, 0.1) is 11.0 Å². The molecule has 20 heavy (non-hydrogen) atoms. The van der Waals surface area contributed by atoms with E-state index in [1.165, 1.54) is 18.9 Å². The smallest absolute Gasteiger partial charge is 0.125 e.